The van der Waals surface area contributed by atoms with E-state index in [0.29, 0.717) is 38.0 Å². The highest BCUT2D eigenvalue weighted by molar-refractivity contribution is 5.97. The molecule has 0 saturated carbocycles. The molecule has 1 fully saturated rings. The number of carbonyl (C=O) groups excluding carboxylic acids is 3. The van der Waals surface area contributed by atoms with Crippen molar-refractivity contribution in [2.75, 3.05) is 40.3 Å². The summed E-state index contributed by atoms with van der Waals surface area (Å²) in [5.74, 6) is -0.369. The largest absolute Gasteiger partial charge is 0.355 e. The fourth-order valence-electron chi connectivity index (χ4n) is 4.48. The second-order valence-electron chi connectivity index (χ2n) is 11.7. The maximum Gasteiger partial charge on any atom is 0.251 e. The molecule has 190 valence electrons. The van der Waals surface area contributed by atoms with E-state index in [9.17, 15) is 14.4 Å². The summed E-state index contributed by atoms with van der Waals surface area (Å²) in [4.78, 5) is 42.0. The maximum atomic E-state index is 12.9. The average Bonchev–Trinajstić information content (AvgIpc) is 2.75. The Morgan fingerprint density at radius 3 is 2.09 bits per heavy atom. The minimum atomic E-state index is -0.619. The van der Waals surface area contributed by atoms with Crippen molar-refractivity contribution in [1.29, 1.82) is 0 Å². The molecular formula is C27H44N4O3. The van der Waals surface area contributed by atoms with Gasteiger partial charge >= 0.3 is 0 Å². The first kappa shape index (κ1) is 27.8. The number of hydrogen-bond donors (Lipinski definition) is 2. The van der Waals surface area contributed by atoms with Crippen molar-refractivity contribution in [2.24, 2.45) is 11.3 Å². The monoisotopic (exact) mass is 472 g/mol. The highest BCUT2D eigenvalue weighted by Gasteiger charge is 2.31. The normalized spacial score (nSPS) is 16.3. The number of rotatable bonds is 8. The summed E-state index contributed by atoms with van der Waals surface area (Å²) in [6.45, 7) is 15.0. The standard InChI is InChI=1S/C27H44N4O3/c1-19(29-24(33)20-9-11-22(12-10-20)26(2,3)4)25(34)31-15-13-21(14-16-31)23(32)28-17-27(5,6)18-30(7)8/h9-12,19,21H,13-18H2,1-8H3,(H,28,32)(H,29,33). The average molecular weight is 473 g/mol. The summed E-state index contributed by atoms with van der Waals surface area (Å²) in [6.07, 6.45) is 1.28. The van der Waals surface area contributed by atoms with Gasteiger partial charge in [0, 0.05) is 37.7 Å². The van der Waals surface area contributed by atoms with Crippen LogP contribution in [0.25, 0.3) is 0 Å². The van der Waals surface area contributed by atoms with Gasteiger partial charge in [-0.05, 0) is 62.4 Å². The summed E-state index contributed by atoms with van der Waals surface area (Å²) in [7, 11) is 4.06. The zero-order chi connectivity index (χ0) is 25.7. The van der Waals surface area contributed by atoms with Crippen molar-refractivity contribution >= 4 is 17.7 Å². The van der Waals surface area contributed by atoms with Crippen LogP contribution < -0.4 is 10.6 Å². The molecule has 3 amide bonds. The van der Waals surface area contributed by atoms with E-state index in [1.54, 1.807) is 24.0 Å². The first-order chi connectivity index (χ1) is 15.7. The second kappa shape index (κ2) is 11.3. The molecule has 0 radical (unpaired) electrons. The smallest absolute Gasteiger partial charge is 0.251 e. The van der Waals surface area contributed by atoms with Crippen LogP contribution in [0.4, 0.5) is 0 Å². The van der Waals surface area contributed by atoms with Gasteiger partial charge in [0.15, 0.2) is 0 Å². The van der Waals surface area contributed by atoms with E-state index >= 15 is 0 Å². The molecule has 1 heterocycles. The van der Waals surface area contributed by atoms with Gasteiger partial charge in [0.25, 0.3) is 5.91 Å². The van der Waals surface area contributed by atoms with Crippen LogP contribution >= 0.6 is 0 Å². The molecule has 1 aromatic carbocycles. The summed E-state index contributed by atoms with van der Waals surface area (Å²) in [5, 5.41) is 5.92. The predicted octanol–water partition coefficient (Wildman–Crippen LogP) is 3.05. The van der Waals surface area contributed by atoms with Crippen molar-refractivity contribution in [3.63, 3.8) is 0 Å². The number of benzene rings is 1. The van der Waals surface area contributed by atoms with Crippen LogP contribution in [-0.4, -0.2) is 73.8 Å². The molecule has 1 aromatic rings. The highest BCUT2D eigenvalue weighted by atomic mass is 16.2. The molecule has 2 N–H and O–H groups in total. The van der Waals surface area contributed by atoms with Gasteiger partial charge in [-0.15, -0.1) is 0 Å². The number of likely N-dealkylation sites (tertiary alicyclic amines) is 1. The molecule has 1 aliphatic heterocycles. The molecule has 1 atom stereocenters. The zero-order valence-corrected chi connectivity index (χ0v) is 22.3. The van der Waals surface area contributed by atoms with Crippen LogP contribution in [0.1, 0.15) is 70.3 Å². The number of piperidine rings is 1. The van der Waals surface area contributed by atoms with E-state index in [4.69, 9.17) is 0 Å². The topological polar surface area (TPSA) is 81.8 Å². The number of hydrogen-bond acceptors (Lipinski definition) is 4. The molecule has 2 rings (SSSR count). The molecule has 1 saturated heterocycles. The van der Waals surface area contributed by atoms with E-state index in [0.717, 1.165) is 12.1 Å². The lowest BCUT2D eigenvalue weighted by atomic mass is 9.86. The van der Waals surface area contributed by atoms with Crippen molar-refractivity contribution in [1.82, 2.24) is 20.4 Å². The molecular weight excluding hydrogens is 428 g/mol. The Hall–Kier alpha value is -2.41. The number of amides is 3. The highest BCUT2D eigenvalue weighted by Crippen LogP contribution is 2.22. The van der Waals surface area contributed by atoms with Gasteiger partial charge in [-0.25, -0.2) is 0 Å². The number of nitrogens with zero attached hydrogens (tertiary/aromatic N) is 2. The predicted molar refractivity (Wildman–Crippen MR) is 137 cm³/mol. The van der Waals surface area contributed by atoms with Gasteiger partial charge in [0.05, 0.1) is 0 Å². The Bertz CT molecular complexity index is 848. The Balaban J connectivity index is 1.82. The zero-order valence-electron chi connectivity index (χ0n) is 22.3. The number of nitrogens with one attached hydrogen (secondary N) is 2. The minimum Gasteiger partial charge on any atom is -0.355 e. The summed E-state index contributed by atoms with van der Waals surface area (Å²) >= 11 is 0. The van der Waals surface area contributed by atoms with Crippen LogP contribution in [0.3, 0.4) is 0 Å². The third-order valence-electron chi connectivity index (χ3n) is 6.39. The lowest BCUT2D eigenvalue weighted by molar-refractivity contribution is -0.137. The van der Waals surface area contributed by atoms with Crippen molar-refractivity contribution in [2.45, 2.75) is 65.8 Å². The Kier molecular flexibility index (Phi) is 9.29. The fourth-order valence-corrected chi connectivity index (χ4v) is 4.48. The molecule has 34 heavy (non-hydrogen) atoms. The summed E-state index contributed by atoms with van der Waals surface area (Å²) < 4.78 is 0. The minimum absolute atomic E-state index is 0.00344. The SMILES string of the molecule is CC(NC(=O)c1ccc(C(C)(C)C)cc1)C(=O)N1CCC(C(=O)NCC(C)(C)CN(C)C)CC1. The van der Waals surface area contributed by atoms with Crippen molar-refractivity contribution in [3.05, 3.63) is 35.4 Å². The Labute approximate surface area is 205 Å². The maximum absolute atomic E-state index is 12.9. The molecule has 1 aliphatic rings. The quantitative estimate of drug-likeness (QED) is 0.609. The number of carbonyl (C=O) groups is 3. The van der Waals surface area contributed by atoms with E-state index in [2.05, 4.69) is 50.2 Å². The van der Waals surface area contributed by atoms with Gasteiger partial charge in [-0.2, -0.15) is 0 Å². The van der Waals surface area contributed by atoms with Gasteiger partial charge < -0.3 is 20.4 Å². The Morgan fingerprint density at radius 2 is 1.59 bits per heavy atom. The van der Waals surface area contributed by atoms with Crippen LogP contribution in [0.15, 0.2) is 24.3 Å². The van der Waals surface area contributed by atoms with Gasteiger partial charge in [0.2, 0.25) is 11.8 Å². The second-order valence-corrected chi connectivity index (χ2v) is 11.7. The molecule has 0 aliphatic carbocycles. The van der Waals surface area contributed by atoms with E-state index in [-0.39, 0.29) is 34.5 Å². The Morgan fingerprint density at radius 1 is 1.03 bits per heavy atom. The third-order valence-corrected chi connectivity index (χ3v) is 6.39. The first-order valence-electron chi connectivity index (χ1n) is 12.3. The summed E-state index contributed by atoms with van der Waals surface area (Å²) in [5.41, 5.74) is 1.71. The van der Waals surface area contributed by atoms with Crippen LogP contribution in [0, 0.1) is 11.3 Å². The van der Waals surface area contributed by atoms with Crippen LogP contribution in [-0.2, 0) is 15.0 Å². The lowest BCUT2D eigenvalue weighted by Crippen LogP contribution is -2.51. The van der Waals surface area contributed by atoms with Crippen molar-refractivity contribution in [3.8, 4) is 0 Å². The van der Waals surface area contributed by atoms with Crippen LogP contribution in [0.5, 0.6) is 0 Å². The van der Waals surface area contributed by atoms with E-state index < -0.39 is 6.04 Å². The molecule has 0 bridgehead atoms. The molecule has 0 spiro atoms. The van der Waals surface area contributed by atoms with Crippen LogP contribution in [0.2, 0.25) is 0 Å². The molecule has 0 aromatic heterocycles. The molecule has 1 unspecified atom stereocenters. The van der Waals surface area contributed by atoms with E-state index in [1.165, 1.54) is 0 Å². The van der Waals surface area contributed by atoms with E-state index in [1.807, 2.05) is 26.2 Å². The van der Waals surface area contributed by atoms with Gasteiger partial charge in [-0.3, -0.25) is 14.4 Å². The third kappa shape index (κ3) is 8.12. The summed E-state index contributed by atoms with van der Waals surface area (Å²) in [6, 6.07) is 6.90. The van der Waals surface area contributed by atoms with Gasteiger partial charge in [-0.1, -0.05) is 46.8 Å². The first-order valence-corrected chi connectivity index (χ1v) is 12.3. The molecule has 7 heteroatoms. The van der Waals surface area contributed by atoms with Crippen molar-refractivity contribution < 1.29 is 14.4 Å². The lowest BCUT2D eigenvalue weighted by Gasteiger charge is -2.34. The molecule has 7 nitrogen and oxygen atoms in total. The fraction of sp³-hybridized carbons (Fsp3) is 0.667. The van der Waals surface area contributed by atoms with Gasteiger partial charge in [0.1, 0.15) is 6.04 Å².